The van der Waals surface area contributed by atoms with E-state index in [4.69, 9.17) is 0 Å². The van der Waals surface area contributed by atoms with Crippen molar-refractivity contribution in [3.8, 4) is 0 Å². The van der Waals surface area contributed by atoms with E-state index in [1.807, 2.05) is 30.0 Å². The van der Waals surface area contributed by atoms with Crippen LogP contribution in [0.4, 0.5) is 0 Å². The monoisotopic (exact) mass is 308 g/mol. The summed E-state index contributed by atoms with van der Waals surface area (Å²) < 4.78 is 0. The second kappa shape index (κ2) is 9.39. The summed E-state index contributed by atoms with van der Waals surface area (Å²) in [6, 6.07) is 13.9. The van der Waals surface area contributed by atoms with Gasteiger partial charge in [-0.25, -0.2) is 0 Å². The highest BCUT2D eigenvalue weighted by molar-refractivity contribution is 7.98. The van der Waals surface area contributed by atoms with Crippen LogP contribution in [0.15, 0.2) is 54.9 Å². The minimum absolute atomic E-state index is 0. The number of nitrogens with zero attached hydrogens (tertiary/aromatic N) is 1. The third-order valence-corrected chi connectivity index (χ3v) is 3.60. The zero-order valence-corrected chi connectivity index (χ0v) is 12.6. The number of halogens is 1. The van der Waals surface area contributed by atoms with E-state index in [0.717, 1.165) is 11.5 Å². The Morgan fingerprint density at radius 1 is 1.15 bits per heavy atom. The van der Waals surface area contributed by atoms with E-state index >= 15 is 0 Å². The van der Waals surface area contributed by atoms with Crippen LogP contribution in [0.1, 0.15) is 15.9 Å². The van der Waals surface area contributed by atoms with E-state index in [9.17, 15) is 4.79 Å². The highest BCUT2D eigenvalue weighted by atomic mass is 35.5. The van der Waals surface area contributed by atoms with Crippen molar-refractivity contribution in [3.63, 3.8) is 0 Å². The highest BCUT2D eigenvalue weighted by Crippen LogP contribution is 2.10. The molecule has 0 fully saturated rings. The van der Waals surface area contributed by atoms with E-state index in [0.29, 0.717) is 12.1 Å². The summed E-state index contributed by atoms with van der Waals surface area (Å²) in [5.41, 5.74) is 1.92. The predicted octanol–water partition coefficient (Wildman–Crippen LogP) is 3.17. The van der Waals surface area contributed by atoms with Crippen molar-refractivity contribution in [2.24, 2.45) is 0 Å². The lowest BCUT2D eigenvalue weighted by molar-refractivity contribution is 0.0956. The number of aromatic nitrogens is 1. The Hall–Kier alpha value is -1.52. The van der Waals surface area contributed by atoms with Crippen LogP contribution in [0, 0.1) is 0 Å². The van der Waals surface area contributed by atoms with Crippen molar-refractivity contribution in [2.75, 3.05) is 12.3 Å². The maximum Gasteiger partial charge on any atom is 0.252 e. The molecule has 0 spiro atoms. The van der Waals surface area contributed by atoms with E-state index in [2.05, 4.69) is 22.4 Å². The molecule has 0 aliphatic rings. The van der Waals surface area contributed by atoms with Gasteiger partial charge in [0.25, 0.3) is 5.91 Å². The summed E-state index contributed by atoms with van der Waals surface area (Å²) in [5, 5.41) is 2.89. The van der Waals surface area contributed by atoms with Gasteiger partial charge in [-0.15, -0.1) is 12.4 Å². The minimum atomic E-state index is -0.0617. The van der Waals surface area contributed by atoms with Gasteiger partial charge < -0.3 is 5.32 Å². The molecule has 0 atom stereocenters. The summed E-state index contributed by atoms with van der Waals surface area (Å²) in [6.45, 7) is 0.672. The molecule has 2 aromatic rings. The maximum absolute atomic E-state index is 11.7. The smallest absolute Gasteiger partial charge is 0.252 e. The molecule has 0 aliphatic carbocycles. The molecule has 0 saturated carbocycles. The number of hydrogen-bond donors (Lipinski definition) is 1. The summed E-state index contributed by atoms with van der Waals surface area (Å²) in [4.78, 5) is 15.6. The van der Waals surface area contributed by atoms with Crippen molar-refractivity contribution < 1.29 is 4.79 Å². The molecule has 0 bridgehead atoms. The van der Waals surface area contributed by atoms with Crippen molar-refractivity contribution in [1.82, 2.24) is 10.3 Å². The van der Waals surface area contributed by atoms with E-state index < -0.39 is 0 Å². The summed E-state index contributed by atoms with van der Waals surface area (Å²) in [7, 11) is 0. The molecule has 20 heavy (non-hydrogen) atoms. The SMILES string of the molecule is Cl.O=C(NCCSCc1ccccc1)c1cccnc1. The quantitative estimate of drug-likeness (QED) is 0.834. The second-order valence-electron chi connectivity index (χ2n) is 4.04. The van der Waals surface area contributed by atoms with Crippen LogP contribution >= 0.6 is 24.2 Å². The molecule has 5 heteroatoms. The van der Waals surface area contributed by atoms with Gasteiger partial charge in [0, 0.05) is 30.4 Å². The summed E-state index contributed by atoms with van der Waals surface area (Å²) in [6.07, 6.45) is 3.24. The number of carbonyl (C=O) groups excluding carboxylic acids is 1. The van der Waals surface area contributed by atoms with Crippen molar-refractivity contribution in [1.29, 1.82) is 0 Å². The number of benzene rings is 1. The normalized spacial score (nSPS) is 9.60. The Morgan fingerprint density at radius 2 is 1.95 bits per heavy atom. The van der Waals surface area contributed by atoms with Crippen LogP contribution in [-0.2, 0) is 5.75 Å². The fraction of sp³-hybridized carbons (Fsp3) is 0.200. The van der Waals surface area contributed by atoms with Gasteiger partial charge in [0.1, 0.15) is 0 Å². The van der Waals surface area contributed by atoms with Gasteiger partial charge in [0.15, 0.2) is 0 Å². The maximum atomic E-state index is 11.7. The number of carbonyl (C=O) groups is 1. The molecular weight excluding hydrogens is 292 g/mol. The van der Waals surface area contributed by atoms with E-state index in [1.54, 1.807) is 24.5 Å². The Morgan fingerprint density at radius 3 is 2.65 bits per heavy atom. The predicted molar refractivity (Wildman–Crippen MR) is 86.4 cm³/mol. The highest BCUT2D eigenvalue weighted by Gasteiger charge is 2.03. The molecule has 1 N–H and O–H groups in total. The Bertz CT molecular complexity index is 508. The fourth-order valence-electron chi connectivity index (χ4n) is 1.60. The molecule has 0 unspecified atom stereocenters. The van der Waals surface area contributed by atoms with Gasteiger partial charge >= 0.3 is 0 Å². The fourth-order valence-corrected chi connectivity index (χ4v) is 2.42. The molecule has 0 aliphatic heterocycles. The molecule has 1 amide bonds. The lowest BCUT2D eigenvalue weighted by atomic mass is 10.2. The molecule has 0 saturated heterocycles. The van der Waals surface area contributed by atoms with Crippen LogP contribution in [0.3, 0.4) is 0 Å². The number of pyridine rings is 1. The topological polar surface area (TPSA) is 42.0 Å². The summed E-state index contributed by atoms with van der Waals surface area (Å²) >= 11 is 1.81. The lowest BCUT2D eigenvalue weighted by Gasteiger charge is -2.05. The zero-order chi connectivity index (χ0) is 13.3. The Balaban J connectivity index is 0.00000200. The summed E-state index contributed by atoms with van der Waals surface area (Å²) in [5.74, 6) is 1.82. The van der Waals surface area contributed by atoms with E-state index in [1.165, 1.54) is 5.56 Å². The van der Waals surface area contributed by atoms with Crippen LogP contribution < -0.4 is 5.32 Å². The van der Waals surface area contributed by atoms with Crippen LogP contribution in [-0.4, -0.2) is 23.2 Å². The zero-order valence-electron chi connectivity index (χ0n) is 11.0. The van der Waals surface area contributed by atoms with Crippen molar-refractivity contribution in [3.05, 3.63) is 66.0 Å². The minimum Gasteiger partial charge on any atom is -0.351 e. The Kier molecular flexibility index (Phi) is 7.77. The third kappa shape index (κ3) is 5.63. The van der Waals surface area contributed by atoms with Crippen molar-refractivity contribution >= 4 is 30.1 Å². The van der Waals surface area contributed by atoms with Gasteiger partial charge in [-0.3, -0.25) is 9.78 Å². The second-order valence-corrected chi connectivity index (χ2v) is 5.14. The van der Waals surface area contributed by atoms with Gasteiger partial charge in [0.2, 0.25) is 0 Å². The van der Waals surface area contributed by atoms with Crippen LogP contribution in [0.2, 0.25) is 0 Å². The first-order chi connectivity index (χ1) is 9.36. The van der Waals surface area contributed by atoms with E-state index in [-0.39, 0.29) is 18.3 Å². The number of amides is 1. The standard InChI is InChI=1S/C15H16N2OS.ClH/c18-15(14-7-4-8-16-11-14)17-9-10-19-12-13-5-2-1-3-6-13;/h1-8,11H,9-10,12H2,(H,17,18);1H. The Labute approximate surface area is 129 Å². The number of nitrogens with one attached hydrogen (secondary N) is 1. The van der Waals surface area contributed by atoms with Crippen molar-refractivity contribution in [2.45, 2.75) is 5.75 Å². The molecular formula is C15H17ClN2OS. The largest absolute Gasteiger partial charge is 0.351 e. The first-order valence-corrected chi connectivity index (χ1v) is 7.31. The third-order valence-electron chi connectivity index (χ3n) is 2.57. The van der Waals surface area contributed by atoms with Crippen LogP contribution in [0.5, 0.6) is 0 Å². The number of thioether (sulfide) groups is 1. The molecule has 1 heterocycles. The molecule has 2 rings (SSSR count). The first kappa shape index (κ1) is 16.5. The van der Waals surface area contributed by atoms with Gasteiger partial charge in [-0.05, 0) is 17.7 Å². The van der Waals surface area contributed by atoms with Gasteiger partial charge in [0.05, 0.1) is 5.56 Å². The van der Waals surface area contributed by atoms with Gasteiger partial charge in [-0.1, -0.05) is 30.3 Å². The van der Waals surface area contributed by atoms with Gasteiger partial charge in [-0.2, -0.15) is 11.8 Å². The average molecular weight is 309 g/mol. The first-order valence-electron chi connectivity index (χ1n) is 6.16. The number of hydrogen-bond acceptors (Lipinski definition) is 3. The lowest BCUT2D eigenvalue weighted by Crippen LogP contribution is -2.25. The van der Waals surface area contributed by atoms with Crippen LogP contribution in [0.25, 0.3) is 0 Å². The molecule has 106 valence electrons. The number of rotatable bonds is 6. The molecule has 3 nitrogen and oxygen atoms in total. The average Bonchev–Trinajstić information content (AvgIpc) is 2.49. The molecule has 1 aromatic carbocycles. The molecule has 1 aromatic heterocycles. The molecule has 0 radical (unpaired) electrons.